The summed E-state index contributed by atoms with van der Waals surface area (Å²) < 4.78 is 4.48. The maximum absolute atomic E-state index is 10.8. The second kappa shape index (κ2) is 3.73. The third-order valence-electron chi connectivity index (χ3n) is 1.71. The number of methoxy groups -OCH3 is 1. The first-order chi connectivity index (χ1) is 4.90. The number of hydrogen-bond acceptors (Lipinski definition) is 3. The topological polar surface area (TPSA) is 41.6 Å². The van der Waals surface area contributed by atoms with Crippen LogP contribution in [0.5, 0.6) is 0 Å². The van der Waals surface area contributed by atoms with Crippen LogP contribution in [0.15, 0.2) is 0 Å². The van der Waals surface area contributed by atoms with Crippen molar-refractivity contribution in [1.29, 1.82) is 0 Å². The Hall–Kier alpha value is -0.553. The maximum Gasteiger partial charge on any atom is 0.407 e. The smallest absolute Gasteiger partial charge is 0.407 e. The Morgan fingerprint density at radius 2 is 2.09 bits per heavy atom. The molecule has 11 heavy (non-hydrogen) atoms. The third-order valence-corrected chi connectivity index (χ3v) is 2.86. The Kier molecular flexibility index (Phi) is 3.54. The van der Waals surface area contributed by atoms with Gasteiger partial charge in [0.1, 0.15) is 0 Å². The Morgan fingerprint density at radius 1 is 1.64 bits per heavy atom. The summed E-state index contributed by atoms with van der Waals surface area (Å²) in [6.45, 7) is 1.95. The van der Waals surface area contributed by atoms with Gasteiger partial charge in [-0.2, -0.15) is 0 Å². The minimum absolute atomic E-state index is 0.229. The lowest BCUT2D eigenvalue weighted by molar-refractivity contribution is 0.142. The first-order valence-electron chi connectivity index (χ1n) is 3.43. The molecule has 0 aromatic carbocycles. The van der Waals surface area contributed by atoms with Crippen molar-refractivity contribution in [2.24, 2.45) is 0 Å². The van der Waals surface area contributed by atoms with E-state index in [1.165, 1.54) is 7.11 Å². The van der Waals surface area contributed by atoms with Gasteiger partial charge in [0.2, 0.25) is 0 Å². The summed E-state index contributed by atoms with van der Waals surface area (Å²) in [4.78, 5) is 12.7. The molecule has 1 N–H and O–H groups in total. The van der Waals surface area contributed by atoms with Crippen LogP contribution in [0.2, 0.25) is 0 Å². The monoisotopic (exact) mass is 176 g/mol. The zero-order valence-corrected chi connectivity index (χ0v) is 9.76. The molecule has 0 aliphatic rings. The van der Waals surface area contributed by atoms with Crippen LogP contribution in [-0.4, -0.2) is 47.7 Å². The van der Waals surface area contributed by atoms with Crippen molar-refractivity contribution in [3.63, 3.8) is 0 Å². The summed E-state index contributed by atoms with van der Waals surface area (Å²) in [5, 5.41) is 2.50. The van der Waals surface area contributed by atoms with Crippen molar-refractivity contribution < 1.29 is 9.53 Å². The van der Waals surface area contributed by atoms with Gasteiger partial charge < -0.3 is 10.1 Å². The van der Waals surface area contributed by atoms with Gasteiger partial charge in [-0.05, 0) is 21.0 Å². The van der Waals surface area contributed by atoms with E-state index in [1.807, 2.05) is 25.9 Å². The molecular weight excluding hydrogens is 160 g/mol. The van der Waals surface area contributed by atoms with E-state index in [4.69, 9.17) is 0 Å². The van der Waals surface area contributed by atoms with Gasteiger partial charge in [0, 0.05) is 0 Å². The summed E-state index contributed by atoms with van der Waals surface area (Å²) >= 11 is 0. The molecule has 0 aliphatic carbocycles. The average molecular weight is 176 g/mol. The van der Waals surface area contributed by atoms with Crippen LogP contribution >= 0.6 is 0 Å². The quantitative estimate of drug-likeness (QED) is 0.431. The molecule has 0 saturated heterocycles. The lowest BCUT2D eigenvalue weighted by Crippen LogP contribution is -2.56. The molecular formula is C6H16N2O2Si. The Bertz CT molecular complexity index is 148. The fraction of sp³-hybridized carbons (Fsp3) is 0.833. The number of ether oxygens (including phenoxy) is 1. The van der Waals surface area contributed by atoms with Crippen LogP contribution in [0.25, 0.3) is 0 Å². The van der Waals surface area contributed by atoms with E-state index in [0.717, 1.165) is 10.2 Å². The van der Waals surface area contributed by atoms with E-state index >= 15 is 0 Å². The van der Waals surface area contributed by atoms with E-state index in [1.54, 1.807) is 0 Å². The number of carbonyl (C=O) groups excluding carboxylic acids is 1. The van der Waals surface area contributed by atoms with Crippen LogP contribution in [-0.2, 0) is 4.74 Å². The Labute approximate surface area is 70.3 Å². The summed E-state index contributed by atoms with van der Waals surface area (Å²) in [6.07, 6.45) is -0.379. The van der Waals surface area contributed by atoms with Crippen LogP contribution < -0.4 is 5.32 Å². The lowest BCUT2D eigenvalue weighted by Gasteiger charge is -2.32. The number of alkyl carbamates (subject to hydrolysis) is 1. The molecule has 66 valence electrons. The Morgan fingerprint density at radius 3 is 2.36 bits per heavy atom. The number of hydrogen-bond donors (Lipinski definition) is 1. The molecule has 0 radical (unpaired) electrons. The number of amides is 1. The Balaban J connectivity index is 4.01. The van der Waals surface area contributed by atoms with Gasteiger partial charge in [-0.1, -0.05) is 0 Å². The second-order valence-corrected chi connectivity index (χ2v) is 5.02. The normalized spacial score (nSPS) is 16.1. The summed E-state index contributed by atoms with van der Waals surface area (Å²) in [7, 11) is 6.05. The van der Waals surface area contributed by atoms with E-state index in [-0.39, 0.29) is 11.4 Å². The first-order valence-corrected chi connectivity index (χ1v) is 4.43. The van der Waals surface area contributed by atoms with Crippen molar-refractivity contribution >= 4 is 16.3 Å². The van der Waals surface area contributed by atoms with E-state index in [2.05, 4.69) is 10.1 Å². The highest BCUT2D eigenvalue weighted by atomic mass is 28.1. The van der Waals surface area contributed by atoms with Gasteiger partial charge in [-0.25, -0.2) is 4.79 Å². The zero-order valence-electron chi connectivity index (χ0n) is 7.76. The number of rotatable bonds is 2. The molecule has 1 atom stereocenters. The molecule has 5 heteroatoms. The van der Waals surface area contributed by atoms with Crippen LogP contribution in [0, 0.1) is 0 Å². The van der Waals surface area contributed by atoms with Crippen LogP contribution in [0.1, 0.15) is 6.92 Å². The largest absolute Gasteiger partial charge is 0.453 e. The van der Waals surface area contributed by atoms with Gasteiger partial charge in [-0.15, -0.1) is 0 Å². The SMILES string of the molecule is COC(=O)NC(C)([SiH3])N(C)C. The van der Waals surface area contributed by atoms with Crippen molar-refractivity contribution in [2.45, 2.75) is 12.2 Å². The zero-order chi connectivity index (χ0) is 9.07. The lowest BCUT2D eigenvalue weighted by atomic mass is 10.5. The molecule has 0 heterocycles. The van der Waals surface area contributed by atoms with E-state index in [9.17, 15) is 4.79 Å². The highest BCUT2D eigenvalue weighted by Gasteiger charge is 2.22. The number of nitrogens with one attached hydrogen (secondary N) is 1. The first kappa shape index (κ1) is 10.4. The minimum Gasteiger partial charge on any atom is -0.453 e. The third kappa shape index (κ3) is 3.38. The van der Waals surface area contributed by atoms with Crippen molar-refractivity contribution in [1.82, 2.24) is 10.2 Å². The minimum atomic E-state index is -0.379. The predicted octanol–water partition coefficient (Wildman–Crippen LogP) is -1.06. The molecule has 0 aliphatic heterocycles. The molecule has 0 rings (SSSR count). The molecule has 0 spiro atoms. The molecule has 0 aromatic heterocycles. The van der Waals surface area contributed by atoms with Gasteiger partial charge in [0.25, 0.3) is 0 Å². The van der Waals surface area contributed by atoms with Gasteiger partial charge in [0.15, 0.2) is 0 Å². The fourth-order valence-corrected chi connectivity index (χ4v) is 0.617. The second-order valence-electron chi connectivity index (χ2n) is 3.07. The van der Waals surface area contributed by atoms with Crippen molar-refractivity contribution in [3.05, 3.63) is 0 Å². The molecule has 4 nitrogen and oxygen atoms in total. The van der Waals surface area contributed by atoms with E-state index in [0.29, 0.717) is 0 Å². The fourth-order valence-electron chi connectivity index (χ4n) is 0.413. The molecule has 0 saturated carbocycles. The number of carbonyl (C=O) groups is 1. The van der Waals surface area contributed by atoms with Gasteiger partial charge in [-0.3, -0.25) is 4.90 Å². The van der Waals surface area contributed by atoms with Crippen molar-refractivity contribution in [3.8, 4) is 0 Å². The van der Waals surface area contributed by atoms with Crippen LogP contribution in [0.3, 0.4) is 0 Å². The highest BCUT2D eigenvalue weighted by Crippen LogP contribution is 2.00. The molecule has 0 aromatic rings. The molecule has 0 fully saturated rings. The molecule has 1 unspecified atom stereocenters. The van der Waals surface area contributed by atoms with Gasteiger partial charge >= 0.3 is 6.09 Å². The van der Waals surface area contributed by atoms with Crippen LogP contribution in [0.4, 0.5) is 4.79 Å². The summed E-state index contributed by atoms with van der Waals surface area (Å²) in [5.74, 6) is 0. The standard InChI is InChI=1S/C6H16N2O2Si/c1-6(11,8(2)3)7-5(9)10-4/h1-4,11H3,(H,7,9). The average Bonchev–Trinajstić information content (AvgIpc) is 1.86. The molecule has 1 amide bonds. The number of nitrogens with zero attached hydrogens (tertiary/aromatic N) is 1. The molecule has 0 bridgehead atoms. The summed E-state index contributed by atoms with van der Waals surface area (Å²) in [5.41, 5.74) is 0. The summed E-state index contributed by atoms with van der Waals surface area (Å²) in [6, 6.07) is 0. The van der Waals surface area contributed by atoms with E-state index < -0.39 is 0 Å². The van der Waals surface area contributed by atoms with Gasteiger partial charge in [0.05, 0.1) is 22.6 Å². The maximum atomic E-state index is 10.8. The highest BCUT2D eigenvalue weighted by molar-refractivity contribution is 6.15. The van der Waals surface area contributed by atoms with Crippen molar-refractivity contribution in [2.75, 3.05) is 21.2 Å². The predicted molar refractivity (Wildman–Crippen MR) is 47.6 cm³/mol.